The molecule has 15 heavy (non-hydrogen) atoms. The van der Waals surface area contributed by atoms with Crippen LogP contribution in [0.3, 0.4) is 0 Å². The fourth-order valence-corrected chi connectivity index (χ4v) is 1.84. The predicted octanol–water partition coefficient (Wildman–Crippen LogP) is 2.06. The van der Waals surface area contributed by atoms with E-state index in [0.29, 0.717) is 0 Å². The highest BCUT2D eigenvalue weighted by Crippen LogP contribution is 2.12. The van der Waals surface area contributed by atoms with Gasteiger partial charge in [0.25, 0.3) is 0 Å². The van der Waals surface area contributed by atoms with Crippen LogP contribution >= 0.6 is 11.5 Å². The molecule has 0 saturated heterocycles. The Kier molecular flexibility index (Phi) is 5.57. The first-order valence-electron chi connectivity index (χ1n) is 5.50. The average molecular weight is 229 g/mol. The Bertz CT molecular complexity index is 277. The quantitative estimate of drug-likeness (QED) is 0.751. The zero-order valence-electron chi connectivity index (χ0n) is 9.36. The average Bonchev–Trinajstić information content (AvgIpc) is 2.66. The van der Waals surface area contributed by atoms with Crippen molar-refractivity contribution in [2.75, 3.05) is 11.9 Å². The second-order valence-electron chi connectivity index (χ2n) is 3.54. The molecule has 1 rings (SSSR count). The van der Waals surface area contributed by atoms with E-state index >= 15 is 0 Å². The maximum Gasteiger partial charge on any atom is 0.202 e. The minimum absolute atomic E-state index is 0.208. The van der Waals surface area contributed by atoms with E-state index in [0.717, 1.165) is 43.2 Å². The third-order valence-electron chi connectivity index (χ3n) is 2.17. The van der Waals surface area contributed by atoms with Gasteiger partial charge in [0, 0.05) is 24.5 Å². The van der Waals surface area contributed by atoms with Crippen LogP contribution in [0.4, 0.5) is 5.13 Å². The summed E-state index contributed by atoms with van der Waals surface area (Å²) < 4.78 is 4.23. The minimum atomic E-state index is -0.208. The minimum Gasteiger partial charge on any atom is -0.393 e. The van der Waals surface area contributed by atoms with Crippen molar-refractivity contribution in [1.82, 2.24) is 9.36 Å². The largest absolute Gasteiger partial charge is 0.393 e. The van der Waals surface area contributed by atoms with Crippen molar-refractivity contribution in [1.29, 1.82) is 0 Å². The maximum atomic E-state index is 9.35. The lowest BCUT2D eigenvalue weighted by atomic mass is 10.2. The van der Waals surface area contributed by atoms with Gasteiger partial charge in [0.15, 0.2) is 0 Å². The highest BCUT2D eigenvalue weighted by molar-refractivity contribution is 7.09. The van der Waals surface area contributed by atoms with E-state index in [1.165, 1.54) is 11.5 Å². The molecule has 1 heterocycles. The molecular weight excluding hydrogens is 210 g/mol. The van der Waals surface area contributed by atoms with E-state index < -0.39 is 0 Å². The van der Waals surface area contributed by atoms with Gasteiger partial charge in [-0.05, 0) is 19.3 Å². The third-order valence-corrected chi connectivity index (χ3v) is 2.88. The second-order valence-corrected chi connectivity index (χ2v) is 4.30. The Morgan fingerprint density at radius 3 is 2.93 bits per heavy atom. The van der Waals surface area contributed by atoms with Crippen LogP contribution in [0.5, 0.6) is 0 Å². The first-order valence-corrected chi connectivity index (χ1v) is 6.28. The summed E-state index contributed by atoms with van der Waals surface area (Å²) in [6.07, 6.45) is 3.37. The van der Waals surface area contributed by atoms with Gasteiger partial charge in [-0.1, -0.05) is 13.8 Å². The molecular formula is C10H19N3OS. The molecule has 0 spiro atoms. The fourth-order valence-electron chi connectivity index (χ4n) is 1.20. The van der Waals surface area contributed by atoms with Crippen molar-refractivity contribution < 1.29 is 5.11 Å². The molecule has 1 unspecified atom stereocenters. The van der Waals surface area contributed by atoms with Gasteiger partial charge in [0.05, 0.1) is 6.10 Å². The van der Waals surface area contributed by atoms with E-state index in [1.807, 2.05) is 6.92 Å². The van der Waals surface area contributed by atoms with Gasteiger partial charge in [0.2, 0.25) is 5.13 Å². The van der Waals surface area contributed by atoms with Crippen LogP contribution in [-0.2, 0) is 6.42 Å². The summed E-state index contributed by atoms with van der Waals surface area (Å²) >= 11 is 1.39. The number of anilines is 1. The van der Waals surface area contributed by atoms with Crippen LogP contribution in [0.25, 0.3) is 0 Å². The Morgan fingerprint density at radius 2 is 2.27 bits per heavy atom. The molecule has 0 radical (unpaired) electrons. The molecule has 0 aliphatic carbocycles. The third kappa shape index (κ3) is 4.57. The van der Waals surface area contributed by atoms with Crippen LogP contribution in [0.2, 0.25) is 0 Å². The summed E-state index contributed by atoms with van der Waals surface area (Å²) in [7, 11) is 0. The molecule has 0 aromatic carbocycles. The van der Waals surface area contributed by atoms with Crippen LogP contribution in [0, 0.1) is 0 Å². The topological polar surface area (TPSA) is 58.0 Å². The van der Waals surface area contributed by atoms with Gasteiger partial charge in [-0.15, -0.1) is 0 Å². The van der Waals surface area contributed by atoms with Crippen LogP contribution in [0.1, 0.15) is 38.9 Å². The lowest BCUT2D eigenvalue weighted by Gasteiger charge is -2.06. The second kappa shape index (κ2) is 6.74. The molecule has 0 amide bonds. The summed E-state index contributed by atoms with van der Waals surface area (Å²) in [4.78, 5) is 4.34. The molecule has 1 aromatic rings. The Morgan fingerprint density at radius 1 is 1.47 bits per heavy atom. The zero-order chi connectivity index (χ0) is 11.1. The first kappa shape index (κ1) is 12.4. The molecule has 0 aliphatic heterocycles. The van der Waals surface area contributed by atoms with E-state index in [1.54, 1.807) is 0 Å². The van der Waals surface area contributed by atoms with Crippen molar-refractivity contribution in [2.24, 2.45) is 0 Å². The summed E-state index contributed by atoms with van der Waals surface area (Å²) in [6.45, 7) is 4.86. The van der Waals surface area contributed by atoms with Gasteiger partial charge in [-0.25, -0.2) is 4.98 Å². The summed E-state index contributed by atoms with van der Waals surface area (Å²) in [5.74, 6) is 0.918. The van der Waals surface area contributed by atoms with E-state index in [-0.39, 0.29) is 6.10 Å². The molecule has 0 fully saturated rings. The number of hydrogen-bond donors (Lipinski definition) is 2. The molecule has 4 nitrogen and oxygen atoms in total. The fraction of sp³-hybridized carbons (Fsp3) is 0.800. The van der Waals surface area contributed by atoms with Crippen LogP contribution < -0.4 is 5.32 Å². The molecule has 0 bridgehead atoms. The number of aromatic nitrogens is 2. The predicted molar refractivity (Wildman–Crippen MR) is 63.3 cm³/mol. The van der Waals surface area contributed by atoms with E-state index in [2.05, 4.69) is 21.6 Å². The summed E-state index contributed by atoms with van der Waals surface area (Å²) in [5, 5.41) is 13.4. The van der Waals surface area contributed by atoms with Crippen molar-refractivity contribution >= 4 is 16.7 Å². The molecule has 1 atom stereocenters. The Labute approximate surface area is 94.9 Å². The standard InChI is InChI=1S/C10H19N3OS/c1-3-5-9-12-10(15-13-9)11-7-6-8(14)4-2/h8,14H,3-7H2,1-2H3,(H,11,12,13). The van der Waals surface area contributed by atoms with Gasteiger partial charge in [-0.2, -0.15) is 4.37 Å². The number of aliphatic hydroxyl groups is 1. The lowest BCUT2D eigenvalue weighted by Crippen LogP contribution is -2.12. The van der Waals surface area contributed by atoms with Gasteiger partial charge < -0.3 is 10.4 Å². The lowest BCUT2D eigenvalue weighted by molar-refractivity contribution is 0.164. The first-order chi connectivity index (χ1) is 7.26. The van der Waals surface area contributed by atoms with Crippen molar-refractivity contribution in [3.05, 3.63) is 5.82 Å². The molecule has 86 valence electrons. The molecule has 2 N–H and O–H groups in total. The Hall–Kier alpha value is -0.680. The summed E-state index contributed by atoms with van der Waals surface area (Å²) in [5.41, 5.74) is 0. The SMILES string of the molecule is CCCc1nsc(NCCC(O)CC)n1. The van der Waals surface area contributed by atoms with E-state index in [9.17, 15) is 5.11 Å². The van der Waals surface area contributed by atoms with Crippen molar-refractivity contribution in [3.63, 3.8) is 0 Å². The van der Waals surface area contributed by atoms with Gasteiger partial charge in [0.1, 0.15) is 5.82 Å². The monoisotopic (exact) mass is 229 g/mol. The summed E-state index contributed by atoms with van der Waals surface area (Å²) in [6, 6.07) is 0. The Balaban J connectivity index is 2.25. The number of aliphatic hydroxyl groups excluding tert-OH is 1. The number of nitrogens with one attached hydrogen (secondary N) is 1. The normalized spacial score (nSPS) is 12.7. The van der Waals surface area contributed by atoms with Gasteiger partial charge >= 0.3 is 0 Å². The number of aryl methyl sites for hydroxylation is 1. The van der Waals surface area contributed by atoms with Crippen molar-refractivity contribution in [3.8, 4) is 0 Å². The zero-order valence-corrected chi connectivity index (χ0v) is 10.2. The molecule has 0 aliphatic rings. The highest BCUT2D eigenvalue weighted by atomic mass is 32.1. The highest BCUT2D eigenvalue weighted by Gasteiger charge is 2.04. The van der Waals surface area contributed by atoms with Gasteiger partial charge in [-0.3, -0.25) is 0 Å². The van der Waals surface area contributed by atoms with Crippen LogP contribution in [0.15, 0.2) is 0 Å². The molecule has 1 aromatic heterocycles. The number of rotatable bonds is 7. The van der Waals surface area contributed by atoms with Crippen LogP contribution in [-0.4, -0.2) is 27.1 Å². The molecule has 5 heteroatoms. The maximum absolute atomic E-state index is 9.35. The molecule has 0 saturated carbocycles. The van der Waals surface area contributed by atoms with Crippen molar-refractivity contribution in [2.45, 2.75) is 45.6 Å². The van der Waals surface area contributed by atoms with E-state index in [4.69, 9.17) is 0 Å². The smallest absolute Gasteiger partial charge is 0.202 e. The number of hydrogen-bond acceptors (Lipinski definition) is 5. The number of nitrogens with zero attached hydrogens (tertiary/aromatic N) is 2.